The van der Waals surface area contributed by atoms with E-state index in [-0.39, 0.29) is 17.2 Å². The highest BCUT2D eigenvalue weighted by atomic mass is 35.5. The predicted octanol–water partition coefficient (Wildman–Crippen LogP) is 3.80. The molecule has 3 aromatic heterocycles. The van der Waals surface area contributed by atoms with Crippen LogP contribution in [0.1, 0.15) is 25.8 Å². The lowest BCUT2D eigenvalue weighted by Gasteiger charge is -2.25. The van der Waals surface area contributed by atoms with Crippen molar-refractivity contribution in [2.45, 2.75) is 32.0 Å². The third kappa shape index (κ3) is 5.21. The summed E-state index contributed by atoms with van der Waals surface area (Å²) in [5.74, 6) is -0.636. The maximum Gasteiger partial charge on any atom is 0.390 e. The number of carbonyl (C=O) groups excluding carboxylic acids is 1. The molecule has 1 amide bonds. The number of aromatic amines is 1. The number of carbonyl (C=O) groups is 1. The van der Waals surface area contributed by atoms with Crippen LogP contribution >= 0.6 is 11.6 Å². The third-order valence-electron chi connectivity index (χ3n) is 4.35. The SMILES string of the molecule is CC(C)(Nc1ncc(C#N)c(-c2c[nH]c3ncc(Cl)cc23)n1)C(=O)NCCC(F)(F)F. The summed E-state index contributed by atoms with van der Waals surface area (Å²) < 4.78 is 36.9. The quantitative estimate of drug-likeness (QED) is 0.524. The van der Waals surface area contributed by atoms with Crippen LogP contribution < -0.4 is 10.6 Å². The Morgan fingerprint density at radius 2 is 2.03 bits per heavy atom. The van der Waals surface area contributed by atoms with Gasteiger partial charge in [0.2, 0.25) is 11.9 Å². The smallest absolute Gasteiger partial charge is 0.354 e. The molecule has 0 aromatic carbocycles. The third-order valence-corrected chi connectivity index (χ3v) is 4.55. The minimum Gasteiger partial charge on any atom is -0.354 e. The maximum absolute atomic E-state index is 12.3. The van der Waals surface area contributed by atoms with E-state index in [1.807, 2.05) is 6.07 Å². The number of H-pyrrole nitrogens is 1. The normalized spacial score (nSPS) is 11.9. The molecule has 0 unspecified atom stereocenters. The second-order valence-electron chi connectivity index (χ2n) is 7.19. The number of anilines is 1. The molecule has 3 aromatic rings. The van der Waals surface area contributed by atoms with E-state index in [1.165, 1.54) is 26.2 Å². The van der Waals surface area contributed by atoms with Crippen molar-refractivity contribution in [3.05, 3.63) is 35.2 Å². The van der Waals surface area contributed by atoms with Gasteiger partial charge in [0.25, 0.3) is 0 Å². The number of alkyl halides is 3. The van der Waals surface area contributed by atoms with Crippen molar-refractivity contribution in [2.75, 3.05) is 11.9 Å². The fraction of sp³-hybridized carbons (Fsp3) is 0.316. The van der Waals surface area contributed by atoms with Gasteiger partial charge in [-0.2, -0.15) is 18.4 Å². The van der Waals surface area contributed by atoms with Crippen molar-refractivity contribution < 1.29 is 18.0 Å². The van der Waals surface area contributed by atoms with Gasteiger partial charge in [0, 0.05) is 29.9 Å². The van der Waals surface area contributed by atoms with Gasteiger partial charge in [0.05, 0.1) is 28.9 Å². The largest absolute Gasteiger partial charge is 0.390 e. The number of amides is 1. The highest BCUT2D eigenvalue weighted by molar-refractivity contribution is 6.31. The summed E-state index contributed by atoms with van der Waals surface area (Å²) in [5.41, 5.74) is 0.241. The fourth-order valence-electron chi connectivity index (χ4n) is 2.78. The van der Waals surface area contributed by atoms with Crippen molar-refractivity contribution in [2.24, 2.45) is 0 Å². The van der Waals surface area contributed by atoms with Crippen LogP contribution in [0.4, 0.5) is 19.1 Å². The molecule has 0 aliphatic carbocycles. The molecule has 3 heterocycles. The van der Waals surface area contributed by atoms with Crippen molar-refractivity contribution in [1.82, 2.24) is 25.3 Å². The number of rotatable bonds is 6. The standard InChI is InChI=1S/C19H17ClF3N7O/c1-18(2,16(31)25-4-3-19(21,22)23)30-17-28-7-10(6-24)14(29-17)13-9-27-15-12(13)5-11(20)8-26-15/h5,7-9H,3-4H2,1-2H3,(H,25,31)(H,26,27)(H,28,29,30). The van der Waals surface area contributed by atoms with Crippen molar-refractivity contribution in [3.63, 3.8) is 0 Å². The van der Waals surface area contributed by atoms with Crippen LogP contribution in [0.15, 0.2) is 24.7 Å². The topological polar surface area (TPSA) is 119 Å². The van der Waals surface area contributed by atoms with Crippen LogP contribution in [-0.4, -0.2) is 44.1 Å². The first-order valence-electron chi connectivity index (χ1n) is 9.03. The van der Waals surface area contributed by atoms with E-state index in [0.29, 0.717) is 21.6 Å². The van der Waals surface area contributed by atoms with E-state index in [9.17, 15) is 23.2 Å². The van der Waals surface area contributed by atoms with E-state index in [1.54, 1.807) is 12.3 Å². The average Bonchev–Trinajstić information content (AvgIpc) is 3.09. The van der Waals surface area contributed by atoms with E-state index in [4.69, 9.17) is 11.6 Å². The number of fused-ring (bicyclic) bond motifs is 1. The van der Waals surface area contributed by atoms with Crippen LogP contribution in [0, 0.1) is 11.3 Å². The molecule has 31 heavy (non-hydrogen) atoms. The lowest BCUT2D eigenvalue weighted by Crippen LogP contribution is -2.49. The molecule has 0 fully saturated rings. The maximum atomic E-state index is 12.3. The molecule has 162 valence electrons. The van der Waals surface area contributed by atoms with Gasteiger partial charge in [-0.15, -0.1) is 0 Å². The van der Waals surface area contributed by atoms with E-state index in [2.05, 4.69) is 30.6 Å². The second-order valence-corrected chi connectivity index (χ2v) is 7.63. The van der Waals surface area contributed by atoms with Crippen molar-refractivity contribution in [1.29, 1.82) is 5.26 Å². The number of pyridine rings is 1. The number of nitrogens with one attached hydrogen (secondary N) is 3. The minimum atomic E-state index is -4.37. The van der Waals surface area contributed by atoms with Gasteiger partial charge in [0.1, 0.15) is 17.3 Å². The minimum absolute atomic E-state index is 0.0225. The van der Waals surface area contributed by atoms with Gasteiger partial charge in [-0.25, -0.2) is 15.0 Å². The monoisotopic (exact) mass is 451 g/mol. The summed E-state index contributed by atoms with van der Waals surface area (Å²) >= 11 is 6.03. The predicted molar refractivity (Wildman–Crippen MR) is 108 cm³/mol. The van der Waals surface area contributed by atoms with Crippen LogP contribution in [-0.2, 0) is 4.79 Å². The lowest BCUT2D eigenvalue weighted by molar-refractivity contribution is -0.136. The van der Waals surface area contributed by atoms with Gasteiger partial charge >= 0.3 is 6.18 Å². The Labute approximate surface area is 179 Å². The van der Waals surface area contributed by atoms with Gasteiger partial charge in [-0.3, -0.25) is 4.79 Å². The molecule has 0 saturated carbocycles. The molecule has 0 aliphatic rings. The molecular formula is C19H17ClF3N7O. The number of hydrogen-bond donors (Lipinski definition) is 3. The molecule has 0 aliphatic heterocycles. The fourth-order valence-corrected chi connectivity index (χ4v) is 2.94. The second kappa shape index (κ2) is 8.39. The molecule has 0 saturated heterocycles. The first kappa shape index (κ1) is 22.3. The summed E-state index contributed by atoms with van der Waals surface area (Å²) in [6.45, 7) is 2.41. The Morgan fingerprint density at radius 1 is 1.29 bits per heavy atom. The highest BCUT2D eigenvalue weighted by Gasteiger charge is 2.31. The van der Waals surface area contributed by atoms with Gasteiger partial charge in [0.15, 0.2) is 0 Å². The van der Waals surface area contributed by atoms with Crippen LogP contribution in [0.2, 0.25) is 5.02 Å². The summed E-state index contributed by atoms with van der Waals surface area (Å²) in [6.07, 6.45) is -1.12. The molecule has 0 atom stereocenters. The number of nitriles is 1. The summed E-state index contributed by atoms with van der Waals surface area (Å²) in [7, 11) is 0. The Kier molecular flexibility index (Phi) is 6.03. The number of aromatic nitrogens is 4. The first-order valence-corrected chi connectivity index (χ1v) is 9.41. The average molecular weight is 452 g/mol. The van der Waals surface area contributed by atoms with Crippen LogP contribution in [0.25, 0.3) is 22.3 Å². The Bertz CT molecular complexity index is 1170. The van der Waals surface area contributed by atoms with Crippen molar-refractivity contribution >= 4 is 34.5 Å². The zero-order valence-electron chi connectivity index (χ0n) is 16.4. The Balaban J connectivity index is 1.87. The van der Waals surface area contributed by atoms with Crippen LogP contribution in [0.5, 0.6) is 0 Å². The molecule has 3 rings (SSSR count). The molecule has 0 bridgehead atoms. The van der Waals surface area contributed by atoms with Gasteiger partial charge in [-0.1, -0.05) is 11.6 Å². The molecule has 0 spiro atoms. The van der Waals surface area contributed by atoms with E-state index >= 15 is 0 Å². The van der Waals surface area contributed by atoms with Crippen molar-refractivity contribution in [3.8, 4) is 17.3 Å². The summed E-state index contributed by atoms with van der Waals surface area (Å²) in [5, 5.41) is 15.5. The molecular weight excluding hydrogens is 435 g/mol. The van der Waals surface area contributed by atoms with Gasteiger partial charge in [-0.05, 0) is 19.9 Å². The zero-order valence-corrected chi connectivity index (χ0v) is 17.2. The lowest BCUT2D eigenvalue weighted by atomic mass is 10.0. The van der Waals surface area contributed by atoms with E-state index in [0.717, 1.165) is 0 Å². The first-order chi connectivity index (χ1) is 14.5. The number of halogens is 4. The molecule has 3 N–H and O–H groups in total. The van der Waals surface area contributed by atoms with Gasteiger partial charge < -0.3 is 15.6 Å². The molecule has 8 nitrogen and oxygen atoms in total. The molecule has 0 radical (unpaired) electrons. The highest BCUT2D eigenvalue weighted by Crippen LogP contribution is 2.31. The zero-order chi connectivity index (χ0) is 22.8. The Morgan fingerprint density at radius 3 is 2.71 bits per heavy atom. The number of hydrogen-bond acceptors (Lipinski definition) is 6. The summed E-state index contributed by atoms with van der Waals surface area (Å²) in [4.78, 5) is 27.9. The number of nitrogens with zero attached hydrogens (tertiary/aromatic N) is 4. The van der Waals surface area contributed by atoms with E-state index < -0.39 is 30.6 Å². The van der Waals surface area contributed by atoms with Crippen LogP contribution in [0.3, 0.4) is 0 Å². The Hall–Kier alpha value is -3.39. The molecule has 12 heteroatoms. The summed E-state index contributed by atoms with van der Waals surface area (Å²) in [6, 6.07) is 3.68.